The van der Waals surface area contributed by atoms with Gasteiger partial charge < -0.3 is 15.9 Å². The highest BCUT2D eigenvalue weighted by molar-refractivity contribution is 5.92. The molecule has 0 saturated carbocycles. The summed E-state index contributed by atoms with van der Waals surface area (Å²) in [6, 6.07) is 2.76. The van der Waals surface area contributed by atoms with Gasteiger partial charge in [-0.2, -0.15) is 0 Å². The van der Waals surface area contributed by atoms with Crippen LogP contribution < -0.4 is 5.73 Å². The normalized spacial score (nSPS) is 9.71. The number of aromatic carboxylic acids is 1. The highest BCUT2D eigenvalue weighted by Crippen LogP contribution is 2.26. The van der Waals surface area contributed by atoms with Crippen molar-refractivity contribution in [1.29, 1.82) is 0 Å². The van der Waals surface area contributed by atoms with Crippen molar-refractivity contribution in [3.05, 3.63) is 35.9 Å². The zero-order valence-corrected chi connectivity index (χ0v) is 7.53. The smallest absolute Gasteiger partial charge is 0.339 e. The van der Waals surface area contributed by atoms with Gasteiger partial charge in [-0.15, -0.1) is 6.58 Å². The SMILES string of the molecule is C=CCc1cc(N)cc(C(=O)O)c1O. The Kier molecular flexibility index (Phi) is 2.76. The molecule has 1 aromatic carbocycles. The number of hydrogen-bond acceptors (Lipinski definition) is 3. The lowest BCUT2D eigenvalue weighted by molar-refractivity contribution is 0.0693. The lowest BCUT2D eigenvalue weighted by Gasteiger charge is -2.06. The minimum atomic E-state index is -1.19. The maximum atomic E-state index is 10.7. The van der Waals surface area contributed by atoms with Gasteiger partial charge in [0.15, 0.2) is 0 Å². The fraction of sp³-hybridized carbons (Fsp3) is 0.100. The number of carboxylic acid groups (broad SMARTS) is 1. The zero-order chi connectivity index (χ0) is 10.7. The molecular formula is C10H11NO3. The third kappa shape index (κ3) is 1.85. The molecule has 0 heterocycles. The van der Waals surface area contributed by atoms with E-state index in [2.05, 4.69) is 6.58 Å². The van der Waals surface area contributed by atoms with E-state index in [0.717, 1.165) is 0 Å². The molecule has 1 aromatic rings. The third-order valence-corrected chi connectivity index (χ3v) is 1.81. The molecule has 4 heteroatoms. The van der Waals surface area contributed by atoms with Crippen molar-refractivity contribution in [2.75, 3.05) is 5.73 Å². The van der Waals surface area contributed by atoms with E-state index < -0.39 is 5.97 Å². The van der Waals surface area contributed by atoms with E-state index >= 15 is 0 Å². The molecule has 4 N–H and O–H groups in total. The van der Waals surface area contributed by atoms with Gasteiger partial charge in [0.2, 0.25) is 0 Å². The maximum Gasteiger partial charge on any atom is 0.339 e. The summed E-state index contributed by atoms with van der Waals surface area (Å²) in [5.41, 5.74) is 6.10. The molecule has 0 unspecified atom stereocenters. The first-order valence-electron chi connectivity index (χ1n) is 4.01. The lowest BCUT2D eigenvalue weighted by Crippen LogP contribution is -2.01. The number of aromatic hydroxyl groups is 1. The second-order valence-corrected chi connectivity index (χ2v) is 2.87. The summed E-state index contributed by atoms with van der Waals surface area (Å²) in [5, 5.41) is 18.3. The number of allylic oxidation sites excluding steroid dienone is 1. The van der Waals surface area contributed by atoms with Crippen LogP contribution in [0.3, 0.4) is 0 Å². The van der Waals surface area contributed by atoms with Gasteiger partial charge in [0.1, 0.15) is 11.3 Å². The van der Waals surface area contributed by atoms with Gasteiger partial charge >= 0.3 is 5.97 Å². The molecule has 0 aliphatic carbocycles. The van der Waals surface area contributed by atoms with Crippen LogP contribution in [-0.4, -0.2) is 16.2 Å². The second-order valence-electron chi connectivity index (χ2n) is 2.87. The topological polar surface area (TPSA) is 83.6 Å². The predicted octanol–water partition coefficient (Wildman–Crippen LogP) is 1.40. The fourth-order valence-electron chi connectivity index (χ4n) is 1.19. The van der Waals surface area contributed by atoms with Gasteiger partial charge in [0.05, 0.1) is 0 Å². The average Bonchev–Trinajstić information content (AvgIpc) is 2.10. The minimum Gasteiger partial charge on any atom is -0.507 e. The number of benzene rings is 1. The Morgan fingerprint density at radius 1 is 1.57 bits per heavy atom. The Labute approximate surface area is 81.3 Å². The predicted molar refractivity (Wildman–Crippen MR) is 53.4 cm³/mol. The number of carboxylic acids is 1. The molecule has 14 heavy (non-hydrogen) atoms. The van der Waals surface area contributed by atoms with Gasteiger partial charge in [-0.25, -0.2) is 4.79 Å². The van der Waals surface area contributed by atoms with Crippen LogP contribution in [0.2, 0.25) is 0 Å². The van der Waals surface area contributed by atoms with Gasteiger partial charge in [0, 0.05) is 11.3 Å². The second kappa shape index (κ2) is 3.83. The van der Waals surface area contributed by atoms with Crippen LogP contribution in [0.4, 0.5) is 5.69 Å². The van der Waals surface area contributed by atoms with Crippen molar-refractivity contribution in [2.45, 2.75) is 6.42 Å². The molecule has 1 rings (SSSR count). The Bertz CT molecular complexity index is 385. The molecule has 0 fully saturated rings. The summed E-state index contributed by atoms with van der Waals surface area (Å²) in [7, 11) is 0. The number of hydrogen-bond donors (Lipinski definition) is 3. The van der Waals surface area contributed by atoms with Crippen molar-refractivity contribution < 1.29 is 15.0 Å². The molecule has 0 aromatic heterocycles. The summed E-state index contributed by atoms with van der Waals surface area (Å²) in [6.45, 7) is 3.50. The molecule has 0 radical (unpaired) electrons. The van der Waals surface area contributed by atoms with Crippen LogP contribution in [0.15, 0.2) is 24.8 Å². The maximum absolute atomic E-state index is 10.7. The van der Waals surface area contributed by atoms with Gasteiger partial charge in [-0.05, 0) is 18.6 Å². The van der Waals surface area contributed by atoms with Crippen molar-refractivity contribution in [1.82, 2.24) is 0 Å². The van der Waals surface area contributed by atoms with Gasteiger partial charge in [-0.3, -0.25) is 0 Å². The summed E-state index contributed by atoms with van der Waals surface area (Å²) in [5.74, 6) is -1.44. The van der Waals surface area contributed by atoms with E-state index in [1.54, 1.807) is 6.08 Å². The summed E-state index contributed by atoms with van der Waals surface area (Å²) in [4.78, 5) is 10.7. The van der Waals surface area contributed by atoms with Crippen molar-refractivity contribution in [2.24, 2.45) is 0 Å². The Morgan fingerprint density at radius 2 is 2.21 bits per heavy atom. The van der Waals surface area contributed by atoms with Crippen LogP contribution in [0, 0.1) is 0 Å². The summed E-state index contributed by atoms with van der Waals surface area (Å²) >= 11 is 0. The molecule has 0 aliphatic heterocycles. The fourth-order valence-corrected chi connectivity index (χ4v) is 1.19. The van der Waals surface area contributed by atoms with Crippen molar-refractivity contribution in [3.8, 4) is 5.75 Å². The zero-order valence-electron chi connectivity index (χ0n) is 7.53. The van der Waals surface area contributed by atoms with Crippen LogP contribution in [0.1, 0.15) is 15.9 Å². The van der Waals surface area contributed by atoms with Gasteiger partial charge in [-0.1, -0.05) is 6.08 Å². The Balaban J connectivity index is 3.31. The van der Waals surface area contributed by atoms with Crippen LogP contribution >= 0.6 is 0 Å². The van der Waals surface area contributed by atoms with Crippen LogP contribution in [0.5, 0.6) is 5.75 Å². The first-order valence-corrected chi connectivity index (χ1v) is 4.01. The number of anilines is 1. The van der Waals surface area contributed by atoms with Gasteiger partial charge in [0.25, 0.3) is 0 Å². The molecule has 0 saturated heterocycles. The highest BCUT2D eigenvalue weighted by Gasteiger charge is 2.13. The Hall–Kier alpha value is -1.97. The molecule has 74 valence electrons. The van der Waals surface area contributed by atoms with E-state index in [4.69, 9.17) is 10.8 Å². The quantitative estimate of drug-likeness (QED) is 0.385. The third-order valence-electron chi connectivity index (χ3n) is 1.81. The van der Waals surface area contributed by atoms with Crippen molar-refractivity contribution in [3.63, 3.8) is 0 Å². The lowest BCUT2D eigenvalue weighted by atomic mass is 10.0. The Morgan fingerprint density at radius 3 is 2.71 bits per heavy atom. The average molecular weight is 193 g/mol. The largest absolute Gasteiger partial charge is 0.507 e. The highest BCUT2D eigenvalue weighted by atomic mass is 16.4. The van der Waals surface area contributed by atoms with E-state index in [9.17, 15) is 9.90 Å². The van der Waals surface area contributed by atoms with Crippen molar-refractivity contribution >= 4 is 11.7 Å². The number of phenols is 1. The molecule has 0 spiro atoms. The molecule has 0 aliphatic rings. The first-order chi connectivity index (χ1) is 6.56. The van der Waals surface area contributed by atoms with Crippen LogP contribution in [-0.2, 0) is 6.42 Å². The summed E-state index contributed by atoms with van der Waals surface area (Å²) in [6.07, 6.45) is 1.96. The number of nitrogens with two attached hydrogens (primary N) is 1. The van der Waals surface area contributed by atoms with E-state index in [0.29, 0.717) is 17.7 Å². The molecule has 0 bridgehead atoms. The molecular weight excluding hydrogens is 182 g/mol. The number of rotatable bonds is 3. The number of carbonyl (C=O) groups is 1. The van der Waals surface area contributed by atoms with E-state index in [-0.39, 0.29) is 11.3 Å². The first kappa shape index (κ1) is 10.1. The monoisotopic (exact) mass is 193 g/mol. The van der Waals surface area contributed by atoms with Crippen LogP contribution in [0.25, 0.3) is 0 Å². The number of nitrogen functional groups attached to an aromatic ring is 1. The standard InChI is InChI=1S/C10H11NO3/c1-2-3-6-4-7(11)5-8(9(6)12)10(13)14/h2,4-5,12H,1,3,11H2,(H,13,14). The minimum absolute atomic E-state index is 0.179. The summed E-state index contributed by atoms with van der Waals surface area (Å²) < 4.78 is 0. The molecule has 0 atom stereocenters. The van der Waals surface area contributed by atoms with E-state index in [1.807, 2.05) is 0 Å². The molecule has 0 amide bonds. The van der Waals surface area contributed by atoms with E-state index in [1.165, 1.54) is 12.1 Å². The molecule has 4 nitrogen and oxygen atoms in total.